The fraction of sp³-hybridized carbons (Fsp3) is 0.176. The van der Waals surface area contributed by atoms with Crippen molar-refractivity contribution < 1.29 is 0 Å². The van der Waals surface area contributed by atoms with Crippen LogP contribution in [0.2, 0.25) is 0 Å². The predicted octanol–water partition coefficient (Wildman–Crippen LogP) is 34.8. The maximum atomic E-state index is 2.56. The molecule has 0 atom stereocenters. The average molecular weight is 1720 g/mol. The molecule has 8 bridgehead atoms. The lowest BCUT2D eigenvalue weighted by Crippen LogP contribution is -2.55. The molecule has 1 heterocycles. The molecule has 30 rings (SSSR count). The van der Waals surface area contributed by atoms with Gasteiger partial charge in [0.15, 0.2) is 0 Å². The Balaban J connectivity index is 0.000000137. The maximum Gasteiger partial charge on any atom is 0.0541 e. The fourth-order valence-corrected chi connectivity index (χ4v) is 28.6. The number of anilines is 6. The molecule has 0 unspecified atom stereocenters. The van der Waals surface area contributed by atoms with Crippen LogP contribution in [0.1, 0.15) is 111 Å². The van der Waals surface area contributed by atoms with Crippen LogP contribution >= 0.6 is 0 Å². The molecule has 8 fully saturated rings. The Hall–Kier alpha value is -14.6. The summed E-state index contributed by atoms with van der Waals surface area (Å²) in [6.45, 7) is 4.70. The van der Waals surface area contributed by atoms with E-state index in [1.807, 2.05) is 0 Å². The topological polar surface area (TPSA) is 11.4 Å². The first kappa shape index (κ1) is 79.1. The number of hydrogen-bond acceptors (Lipinski definition) is 2. The van der Waals surface area contributed by atoms with E-state index < -0.39 is 0 Å². The Labute approximate surface area is 787 Å². The van der Waals surface area contributed by atoms with Crippen molar-refractivity contribution in [3.8, 4) is 117 Å². The van der Waals surface area contributed by atoms with Crippen LogP contribution in [0.4, 0.5) is 34.1 Å². The van der Waals surface area contributed by atoms with Crippen molar-refractivity contribution in [3.05, 3.63) is 464 Å². The monoisotopic (exact) mass is 1720 g/mol. The van der Waals surface area contributed by atoms with Crippen molar-refractivity contribution in [1.82, 2.24) is 4.57 Å². The molecule has 2 spiro atoms. The summed E-state index contributed by atoms with van der Waals surface area (Å²) in [6.07, 6.45) is 14.2. The highest BCUT2D eigenvalue weighted by Crippen LogP contribution is 2.72. The van der Waals surface area contributed by atoms with Gasteiger partial charge in [-0.05, 0) is 371 Å². The Morgan fingerprint density at radius 3 is 0.828 bits per heavy atom. The molecular weight excluding hydrogens is 1620 g/mol. The molecular formula is C131H105N3. The van der Waals surface area contributed by atoms with Crippen LogP contribution in [0.15, 0.2) is 431 Å². The zero-order valence-corrected chi connectivity index (χ0v) is 76.0. The molecule has 0 radical (unpaired) electrons. The first-order valence-corrected chi connectivity index (χ1v) is 49.3. The van der Waals surface area contributed by atoms with E-state index in [1.165, 1.54) is 208 Å². The molecule has 134 heavy (non-hydrogen) atoms. The zero-order valence-electron chi connectivity index (χ0n) is 76.0. The third-order valence-corrected chi connectivity index (χ3v) is 33.9. The minimum atomic E-state index is -0.00535. The smallest absolute Gasteiger partial charge is 0.0541 e. The Bertz CT molecular complexity index is 7700. The number of hydrogen-bond donors (Lipinski definition) is 0. The van der Waals surface area contributed by atoms with E-state index >= 15 is 0 Å². The first-order valence-electron chi connectivity index (χ1n) is 49.3. The molecule has 19 aromatic rings. The lowest BCUT2D eigenvalue weighted by atomic mass is 9.43. The Morgan fingerprint density at radius 1 is 0.194 bits per heavy atom. The lowest BCUT2D eigenvalue weighted by Gasteiger charge is -2.61. The van der Waals surface area contributed by atoms with Gasteiger partial charge in [-0.2, -0.15) is 0 Å². The zero-order chi connectivity index (χ0) is 88.5. The van der Waals surface area contributed by atoms with Crippen LogP contribution in [0.25, 0.3) is 139 Å². The second kappa shape index (κ2) is 31.3. The second-order valence-corrected chi connectivity index (χ2v) is 41.0. The van der Waals surface area contributed by atoms with Crippen LogP contribution in [0, 0.1) is 47.3 Å². The Morgan fingerprint density at radius 2 is 0.440 bits per heavy atom. The van der Waals surface area contributed by atoms with E-state index in [2.05, 4.69) is 459 Å². The number of rotatable bonds is 14. The number of nitrogens with zero attached hydrogens (tertiary/aromatic N) is 3. The van der Waals surface area contributed by atoms with E-state index in [4.69, 9.17) is 0 Å². The second-order valence-electron chi connectivity index (χ2n) is 41.0. The summed E-state index contributed by atoms with van der Waals surface area (Å²) < 4.78 is 2.39. The number of aromatic nitrogens is 1. The molecule has 0 amide bonds. The minimum absolute atomic E-state index is 0.00535. The van der Waals surface area contributed by atoms with Gasteiger partial charge in [-0.1, -0.05) is 329 Å². The molecule has 0 saturated heterocycles. The van der Waals surface area contributed by atoms with Gasteiger partial charge in [-0.25, -0.2) is 0 Å². The molecule has 1 aromatic heterocycles. The van der Waals surface area contributed by atoms with Crippen molar-refractivity contribution >= 4 is 55.9 Å². The average Bonchev–Trinajstić information content (AvgIpc) is 1.51. The molecule has 11 aliphatic rings. The van der Waals surface area contributed by atoms with Gasteiger partial charge in [-0.3, -0.25) is 0 Å². The van der Waals surface area contributed by atoms with Gasteiger partial charge in [0.2, 0.25) is 0 Å². The minimum Gasteiger partial charge on any atom is -0.311 e. The van der Waals surface area contributed by atoms with Crippen LogP contribution < -0.4 is 9.80 Å². The highest BCUT2D eigenvalue weighted by molar-refractivity contribution is 6.09. The van der Waals surface area contributed by atoms with Gasteiger partial charge in [0, 0.05) is 66.8 Å². The quantitative estimate of drug-likeness (QED) is 0.107. The van der Waals surface area contributed by atoms with Crippen LogP contribution in [0.5, 0.6) is 0 Å². The molecule has 11 aliphatic carbocycles. The molecule has 8 saturated carbocycles. The van der Waals surface area contributed by atoms with Gasteiger partial charge in [-0.15, -0.1) is 0 Å². The van der Waals surface area contributed by atoms with Crippen molar-refractivity contribution in [3.63, 3.8) is 0 Å². The third kappa shape index (κ3) is 12.4. The molecule has 0 aliphatic heterocycles. The van der Waals surface area contributed by atoms with Crippen LogP contribution in [-0.4, -0.2) is 4.57 Å². The van der Waals surface area contributed by atoms with Gasteiger partial charge in [0.25, 0.3) is 0 Å². The lowest BCUT2D eigenvalue weighted by molar-refractivity contribution is -0.0399. The van der Waals surface area contributed by atoms with Gasteiger partial charge >= 0.3 is 0 Å². The molecule has 3 heteroatoms. The van der Waals surface area contributed by atoms with E-state index in [1.54, 1.807) is 22.3 Å². The largest absolute Gasteiger partial charge is 0.311 e. The van der Waals surface area contributed by atoms with Crippen molar-refractivity contribution in [1.29, 1.82) is 0 Å². The maximum absolute atomic E-state index is 2.56. The van der Waals surface area contributed by atoms with Crippen molar-refractivity contribution in [2.45, 2.75) is 94.3 Å². The van der Waals surface area contributed by atoms with Crippen LogP contribution in [0.3, 0.4) is 0 Å². The first-order chi connectivity index (χ1) is 66.1. The van der Waals surface area contributed by atoms with Gasteiger partial charge in [0.05, 0.1) is 11.0 Å². The summed E-state index contributed by atoms with van der Waals surface area (Å²) in [6, 6.07) is 162. The summed E-state index contributed by atoms with van der Waals surface area (Å²) in [4.78, 5) is 4.78. The van der Waals surface area contributed by atoms with Gasteiger partial charge < -0.3 is 14.4 Å². The fourth-order valence-electron chi connectivity index (χ4n) is 28.6. The number of benzene rings is 18. The standard InChI is InChI=1S/C67H55N.C64H50N2/c1-66(2)62-18-10-8-16-58(62)60-41-49(26-34-63(60)66)47-22-30-54(31-23-47)68(53-28-20-46(21-29-53)45-12-4-3-5-13-45)55-32-24-48(25-33-55)56-14-6-7-15-57(56)50-27-35-65-61(42-50)59-17-9-11-19-64(59)67(65)51-37-43-36-44(39-51)40-52(67)38-43;1-2-12-44(13-3-1)45-22-27-50(28-23-45)65(52-31-33-53(34-32-52)66-62-20-10-7-17-57(62)58-18-8-11-21-63(58)66)51-29-24-46(25-30-51)54-14-4-5-15-55(54)47-26-35-61-59(41-47)56-16-6-9-19-60(56)64(61)48-37-42-36-43(39-48)40-49(64)38-42/h3-35,41-44,51-52H,36-40H2,1-2H3;1-35,41-43,48-49H,36-40H2. The molecule has 18 aromatic carbocycles. The summed E-state index contributed by atoms with van der Waals surface area (Å²) in [7, 11) is 0. The van der Waals surface area contributed by atoms with Gasteiger partial charge in [0.1, 0.15) is 0 Å². The third-order valence-electron chi connectivity index (χ3n) is 33.9. The number of fused-ring (bicyclic) bond motifs is 12. The van der Waals surface area contributed by atoms with Crippen molar-refractivity contribution in [2.75, 3.05) is 9.80 Å². The summed E-state index contributed by atoms with van der Waals surface area (Å²) in [5.41, 5.74) is 46.0. The van der Waals surface area contributed by atoms with E-state index in [0.717, 1.165) is 87.2 Å². The summed E-state index contributed by atoms with van der Waals surface area (Å²) in [5.74, 6) is 6.85. The SMILES string of the molecule is CC1(C)c2ccccc2-c2cc(-c3ccc(N(c4ccc(-c5ccccc5)cc4)c4ccc(-c5ccccc5-c5ccc6c(c5)-c5ccccc5C65C6CC7CC(C6)CC5C7)cc4)cc3)ccc21.c1ccc(-c2ccc(N(c3ccc(-c4ccccc4-c4ccc5c(c4)-c4ccccc4C54C5CC6CC(C5)CC4C6)cc3)c3ccc(-n4c5ccccc5c5ccccc54)cc3)cc2)cc1. The van der Waals surface area contributed by atoms with Crippen molar-refractivity contribution in [2.24, 2.45) is 47.3 Å². The summed E-state index contributed by atoms with van der Waals surface area (Å²) >= 11 is 0. The number of para-hydroxylation sites is 2. The van der Waals surface area contributed by atoms with E-state index in [-0.39, 0.29) is 16.2 Å². The highest BCUT2D eigenvalue weighted by Gasteiger charge is 2.63. The molecule has 644 valence electrons. The Kier molecular flexibility index (Phi) is 18.5. The highest BCUT2D eigenvalue weighted by atomic mass is 15.1. The van der Waals surface area contributed by atoms with E-state index in [0.29, 0.717) is 0 Å². The van der Waals surface area contributed by atoms with E-state index in [9.17, 15) is 0 Å². The normalized spacial score (nSPS) is 21.5. The summed E-state index contributed by atoms with van der Waals surface area (Å²) in [5, 5.41) is 2.54. The molecule has 3 nitrogen and oxygen atoms in total. The van der Waals surface area contributed by atoms with Crippen LogP contribution in [-0.2, 0) is 16.2 Å². The predicted molar refractivity (Wildman–Crippen MR) is 559 cm³/mol. The molecule has 0 N–H and O–H groups in total.